The molecule has 0 unspecified atom stereocenters. The summed E-state index contributed by atoms with van der Waals surface area (Å²) < 4.78 is 0. The van der Waals surface area contributed by atoms with Crippen LogP contribution in [0.15, 0.2) is 24.3 Å². The minimum atomic E-state index is -1.65. The van der Waals surface area contributed by atoms with Gasteiger partial charge in [0, 0.05) is 74.9 Å². The van der Waals surface area contributed by atoms with Gasteiger partial charge in [-0.1, -0.05) is 46.2 Å². The Bertz CT molecular complexity index is 1990. The number of Topliss-reactive ketones (excluding diaryl/α,β-unsaturated/α-hetero) is 4. The van der Waals surface area contributed by atoms with Gasteiger partial charge in [-0.3, -0.25) is 57.5 Å². The first-order valence-electron chi connectivity index (χ1n) is 22.6. The molecule has 2 rings (SSSR count). The first-order valence-corrected chi connectivity index (χ1v) is 22.6. The number of benzene rings is 1. The molecular weight excluding hydrogens is 871 g/mol. The van der Waals surface area contributed by atoms with Crippen LogP contribution in [0.1, 0.15) is 104 Å². The minimum absolute atomic E-state index is 0.0324. The molecule has 1 aliphatic rings. The summed E-state index contributed by atoms with van der Waals surface area (Å²) in [5.41, 5.74) is 23.0. The normalized spacial score (nSPS) is 21.5. The summed E-state index contributed by atoms with van der Waals surface area (Å²) in [6, 6.07) is 3.80. The molecule has 0 bridgehead atoms. The second-order valence-electron chi connectivity index (χ2n) is 18.0. The molecule has 1 fully saturated rings. The molecule has 0 aromatic heterocycles. The number of primary amides is 3. The van der Waals surface area contributed by atoms with Crippen LogP contribution in [0, 0.1) is 35.5 Å². The molecule has 0 saturated carbocycles. The maximum Gasteiger partial charge on any atom is 0.236 e. The lowest BCUT2D eigenvalue weighted by Crippen LogP contribution is -2.50. The van der Waals surface area contributed by atoms with Crippen LogP contribution >= 0.6 is 0 Å². The van der Waals surface area contributed by atoms with Crippen LogP contribution in [-0.4, -0.2) is 114 Å². The average Bonchev–Trinajstić information content (AvgIpc) is 3.25. The zero-order valence-electron chi connectivity index (χ0n) is 39.2. The van der Waals surface area contributed by atoms with E-state index in [2.05, 4.69) is 21.3 Å². The molecule has 0 aliphatic carbocycles. The Labute approximate surface area is 390 Å². The van der Waals surface area contributed by atoms with Crippen molar-refractivity contribution < 1.29 is 57.5 Å². The van der Waals surface area contributed by atoms with E-state index in [1.54, 1.807) is 38.1 Å². The van der Waals surface area contributed by atoms with Gasteiger partial charge in [0.15, 0.2) is 23.1 Å². The number of amides is 8. The second-order valence-corrected chi connectivity index (χ2v) is 18.0. The largest absolute Gasteiger partial charge is 0.399 e. The third kappa shape index (κ3) is 20.7. The highest BCUT2D eigenvalue weighted by Crippen LogP contribution is 2.23. The van der Waals surface area contributed by atoms with Gasteiger partial charge in [0.2, 0.25) is 47.3 Å². The molecule has 1 heterocycles. The van der Waals surface area contributed by atoms with Crippen LogP contribution in [0.3, 0.4) is 0 Å². The molecule has 21 heteroatoms. The van der Waals surface area contributed by atoms with E-state index in [1.165, 1.54) is 7.05 Å². The van der Waals surface area contributed by atoms with Crippen molar-refractivity contribution in [1.29, 1.82) is 0 Å². The molecule has 0 radical (unpaired) electrons. The summed E-state index contributed by atoms with van der Waals surface area (Å²) >= 11 is 0. The van der Waals surface area contributed by atoms with E-state index < -0.39 is 157 Å². The van der Waals surface area contributed by atoms with E-state index in [4.69, 9.17) is 22.9 Å². The molecule has 1 aliphatic heterocycles. The van der Waals surface area contributed by atoms with Crippen LogP contribution in [-0.2, 0) is 64.0 Å². The van der Waals surface area contributed by atoms with Gasteiger partial charge in [0.25, 0.3) is 0 Å². The van der Waals surface area contributed by atoms with Gasteiger partial charge in [-0.05, 0) is 55.2 Å². The number of ketones is 4. The average molecular weight is 940 g/mol. The Kier molecular flexibility index (Phi) is 23.5. The highest BCUT2D eigenvalue weighted by atomic mass is 16.2. The van der Waals surface area contributed by atoms with Gasteiger partial charge >= 0.3 is 0 Å². The Balaban J connectivity index is 2.59. The molecule has 8 amide bonds. The fraction of sp³-hybridized carbons (Fsp3) is 0.609. The number of nitrogens with one attached hydrogen (secondary N) is 4. The van der Waals surface area contributed by atoms with Gasteiger partial charge in [-0.15, -0.1) is 0 Å². The molecular formula is C46H69N9O12. The molecule has 21 nitrogen and oxygen atoms in total. The predicted octanol–water partition coefficient (Wildman–Crippen LogP) is -0.715. The fourth-order valence-corrected chi connectivity index (χ4v) is 7.79. The van der Waals surface area contributed by atoms with Crippen molar-refractivity contribution >= 4 is 76.1 Å². The van der Waals surface area contributed by atoms with Crippen molar-refractivity contribution in [2.45, 2.75) is 117 Å². The SMILES string of the molecule is CC[C@H](C)[C@@H]1NC(=O)[C@H](Cc2ccc(N)cc2)CC(=O)CNC(=O)CC[C@@H](C(=O)N(C)CC(=O)C[C@@H](CC(C)C)C(=O)NCC(N)=O)CC(=O)[C@H](CC(N)=O)NC(=O)[C@H](CCC(N)=O)CC1=O. The van der Waals surface area contributed by atoms with Crippen LogP contribution in [0.4, 0.5) is 5.69 Å². The quantitative estimate of drug-likeness (QED) is 0.0796. The van der Waals surface area contributed by atoms with E-state index >= 15 is 0 Å². The number of hydrogen-bond acceptors (Lipinski definition) is 13. The number of likely N-dealkylation sites (N-methyl/N-ethyl adjacent to an activating group) is 1. The Morgan fingerprint density at radius 2 is 1.46 bits per heavy atom. The van der Waals surface area contributed by atoms with Crippen LogP contribution in [0.2, 0.25) is 0 Å². The zero-order valence-corrected chi connectivity index (χ0v) is 39.2. The fourth-order valence-electron chi connectivity index (χ4n) is 7.79. The van der Waals surface area contributed by atoms with E-state index in [1.807, 2.05) is 13.8 Å². The van der Waals surface area contributed by atoms with Gasteiger partial charge in [0.05, 0.1) is 38.1 Å². The lowest BCUT2D eigenvalue weighted by atomic mass is 9.86. The van der Waals surface area contributed by atoms with E-state index in [0.29, 0.717) is 17.7 Å². The van der Waals surface area contributed by atoms with Gasteiger partial charge in [0.1, 0.15) is 0 Å². The summed E-state index contributed by atoms with van der Waals surface area (Å²) in [5.74, 6) is -13.9. The Morgan fingerprint density at radius 3 is 2.04 bits per heavy atom. The highest BCUT2D eigenvalue weighted by Gasteiger charge is 2.36. The summed E-state index contributed by atoms with van der Waals surface area (Å²) in [6.45, 7) is 5.67. The van der Waals surface area contributed by atoms with E-state index in [0.717, 1.165) is 4.90 Å². The molecule has 1 saturated heterocycles. The second kappa shape index (κ2) is 27.8. The maximum atomic E-state index is 14.1. The van der Waals surface area contributed by atoms with Crippen molar-refractivity contribution in [2.24, 2.45) is 52.7 Å². The first-order chi connectivity index (χ1) is 31.4. The third-order valence-electron chi connectivity index (χ3n) is 11.7. The number of rotatable bonds is 19. The monoisotopic (exact) mass is 940 g/mol. The van der Waals surface area contributed by atoms with Crippen molar-refractivity contribution in [1.82, 2.24) is 26.2 Å². The Hall–Kier alpha value is -6.54. The lowest BCUT2D eigenvalue weighted by Gasteiger charge is -2.28. The van der Waals surface area contributed by atoms with E-state index in [9.17, 15) is 57.5 Å². The molecule has 1 aromatic carbocycles. The summed E-state index contributed by atoms with van der Waals surface area (Å²) in [6.07, 6.45) is -3.26. The topological polar surface area (TPSA) is 360 Å². The standard InChI is InChI=1S/C46H69N9O12/c1-6-26(4)42-37(59)19-28(9-13-38(48)60)44(65)53-35(21-39(49)61)36(58)20-29(46(67)55(5)24-34(57)18-30(15-25(2)3)43(64)52-23-40(50)62)10-14-41(63)51-22-33(56)17-31(45(66)54-42)16-27-7-11-32(47)12-8-27/h7-8,11-12,25-26,28-31,35,42H,6,9-10,13-24,47H2,1-5H3,(H2,48,60)(H2,49,61)(H2,50,62)(H,51,63)(H,52,64)(H,53,65)(H,54,66)/t26-,28+,29+,30+,31+,35-,42-/m0/s1. The Morgan fingerprint density at radius 1 is 0.821 bits per heavy atom. The maximum absolute atomic E-state index is 14.1. The highest BCUT2D eigenvalue weighted by molar-refractivity contribution is 5.99. The zero-order chi connectivity index (χ0) is 50.5. The molecule has 370 valence electrons. The summed E-state index contributed by atoms with van der Waals surface area (Å²) in [5, 5.41) is 10.1. The molecule has 0 spiro atoms. The first kappa shape index (κ1) is 56.6. The molecule has 67 heavy (non-hydrogen) atoms. The summed E-state index contributed by atoms with van der Waals surface area (Å²) in [7, 11) is 1.28. The smallest absolute Gasteiger partial charge is 0.236 e. The third-order valence-corrected chi connectivity index (χ3v) is 11.7. The molecule has 7 atom stereocenters. The van der Waals surface area contributed by atoms with Gasteiger partial charge in [-0.25, -0.2) is 0 Å². The van der Waals surface area contributed by atoms with Crippen LogP contribution in [0.25, 0.3) is 0 Å². The van der Waals surface area contributed by atoms with Crippen molar-refractivity contribution in [3.8, 4) is 0 Å². The number of nitrogens with two attached hydrogens (primary N) is 4. The molecule has 12 N–H and O–H groups in total. The van der Waals surface area contributed by atoms with Crippen molar-refractivity contribution in [2.75, 3.05) is 32.4 Å². The van der Waals surface area contributed by atoms with E-state index in [-0.39, 0.29) is 50.9 Å². The molecule has 1 aromatic rings. The van der Waals surface area contributed by atoms with Gasteiger partial charge < -0.3 is 49.1 Å². The minimum Gasteiger partial charge on any atom is -0.399 e. The van der Waals surface area contributed by atoms with Gasteiger partial charge in [-0.2, -0.15) is 0 Å². The number of nitrogens with zero attached hydrogens (tertiary/aromatic N) is 1. The van der Waals surface area contributed by atoms with Crippen LogP contribution in [0.5, 0.6) is 0 Å². The number of nitrogen functional groups attached to an aromatic ring is 1. The number of carbonyl (C=O) groups excluding carboxylic acids is 12. The van der Waals surface area contributed by atoms with Crippen LogP contribution < -0.4 is 44.2 Å². The number of anilines is 1. The predicted molar refractivity (Wildman–Crippen MR) is 244 cm³/mol. The van der Waals surface area contributed by atoms with Crippen molar-refractivity contribution in [3.63, 3.8) is 0 Å². The lowest BCUT2D eigenvalue weighted by molar-refractivity contribution is -0.141. The summed E-state index contributed by atoms with van der Waals surface area (Å²) in [4.78, 5) is 160. The number of carbonyl (C=O) groups is 12. The number of hydrogen-bond donors (Lipinski definition) is 8. The van der Waals surface area contributed by atoms with Crippen molar-refractivity contribution in [3.05, 3.63) is 29.8 Å².